The van der Waals surface area contributed by atoms with Crippen LogP contribution in [-0.2, 0) is 0 Å². The van der Waals surface area contributed by atoms with Crippen LogP contribution >= 0.6 is 15.9 Å². The molecule has 82 valence electrons. The van der Waals surface area contributed by atoms with Crippen LogP contribution < -0.4 is 10.2 Å². The van der Waals surface area contributed by atoms with E-state index in [1.54, 1.807) is 0 Å². The number of aryl methyl sites for hydroxylation is 1. The van der Waals surface area contributed by atoms with Crippen molar-refractivity contribution in [3.8, 4) is 0 Å². The average Bonchev–Trinajstić information content (AvgIpc) is 2.16. The van der Waals surface area contributed by atoms with Gasteiger partial charge in [0.1, 0.15) is 0 Å². The van der Waals surface area contributed by atoms with Crippen molar-refractivity contribution >= 4 is 27.3 Å². The fraction of sp³-hybridized carbons (Fsp3) is 0.333. The molecule has 0 aliphatic rings. The quantitative estimate of drug-likeness (QED) is 0.901. The number of rotatable bonds is 4. The van der Waals surface area contributed by atoms with Crippen molar-refractivity contribution in [1.82, 2.24) is 0 Å². The Kier molecular flexibility index (Phi) is 4.21. The highest BCUT2D eigenvalue weighted by Crippen LogP contribution is 2.22. The summed E-state index contributed by atoms with van der Waals surface area (Å²) in [5.41, 5.74) is 3.63. The summed E-state index contributed by atoms with van der Waals surface area (Å²) in [5, 5.41) is 3.29. The lowest BCUT2D eigenvalue weighted by molar-refractivity contribution is 1.11. The van der Waals surface area contributed by atoms with Crippen molar-refractivity contribution < 1.29 is 0 Å². The van der Waals surface area contributed by atoms with Crippen LogP contribution in [0, 0.1) is 6.92 Å². The highest BCUT2D eigenvalue weighted by Gasteiger charge is 2.01. The van der Waals surface area contributed by atoms with Crippen LogP contribution in [0.4, 0.5) is 11.4 Å². The van der Waals surface area contributed by atoms with Crippen molar-refractivity contribution in [2.24, 2.45) is 0 Å². The largest absolute Gasteiger partial charge is 0.380 e. The molecule has 3 heteroatoms. The fourth-order valence-electron chi connectivity index (χ4n) is 1.40. The molecule has 2 nitrogen and oxygen atoms in total. The summed E-state index contributed by atoms with van der Waals surface area (Å²) in [6, 6.07) is 6.35. The molecule has 15 heavy (non-hydrogen) atoms. The Labute approximate surface area is 100 Å². The molecule has 0 heterocycles. The number of hydrogen-bond acceptors (Lipinski definition) is 2. The Bertz CT molecular complexity index is 359. The van der Waals surface area contributed by atoms with E-state index < -0.39 is 0 Å². The lowest BCUT2D eigenvalue weighted by Crippen LogP contribution is -2.11. The third kappa shape index (κ3) is 3.59. The van der Waals surface area contributed by atoms with E-state index in [-0.39, 0.29) is 0 Å². The van der Waals surface area contributed by atoms with Crippen molar-refractivity contribution in [3.63, 3.8) is 0 Å². The highest BCUT2D eigenvalue weighted by molar-refractivity contribution is 9.11. The van der Waals surface area contributed by atoms with Gasteiger partial charge in [-0.2, -0.15) is 0 Å². The molecule has 1 aromatic carbocycles. The standard InChI is InChI=1S/C12H17BrN2/c1-9-5-6-11(14-8-10(2)13)7-12(9)15(3)4/h5-7,14H,2,8H2,1,3-4H3. The first-order valence-electron chi connectivity index (χ1n) is 4.86. The second-order valence-corrected chi connectivity index (χ2v) is 4.89. The Morgan fingerprint density at radius 2 is 2.13 bits per heavy atom. The van der Waals surface area contributed by atoms with Gasteiger partial charge in [-0.05, 0) is 24.6 Å². The number of halogens is 1. The van der Waals surface area contributed by atoms with Crippen LogP contribution in [0.2, 0.25) is 0 Å². The maximum atomic E-state index is 3.79. The van der Waals surface area contributed by atoms with Gasteiger partial charge in [-0.3, -0.25) is 0 Å². The van der Waals surface area contributed by atoms with E-state index in [4.69, 9.17) is 0 Å². The SMILES string of the molecule is C=C(Br)CNc1ccc(C)c(N(C)C)c1. The zero-order chi connectivity index (χ0) is 11.4. The van der Waals surface area contributed by atoms with Crippen LogP contribution in [0.1, 0.15) is 5.56 Å². The van der Waals surface area contributed by atoms with E-state index in [0.717, 1.165) is 16.7 Å². The number of anilines is 2. The van der Waals surface area contributed by atoms with Crippen LogP contribution in [0.5, 0.6) is 0 Å². The summed E-state index contributed by atoms with van der Waals surface area (Å²) in [6.45, 7) is 6.65. The Hall–Kier alpha value is -0.960. The fourth-order valence-corrected chi connectivity index (χ4v) is 1.54. The molecule has 0 aromatic heterocycles. The summed E-state index contributed by atoms with van der Waals surface area (Å²) in [6.07, 6.45) is 0. The molecule has 0 aliphatic heterocycles. The summed E-state index contributed by atoms with van der Waals surface area (Å²) in [4.78, 5) is 2.11. The summed E-state index contributed by atoms with van der Waals surface area (Å²) < 4.78 is 0.953. The van der Waals surface area contributed by atoms with E-state index >= 15 is 0 Å². The third-order valence-corrected chi connectivity index (χ3v) is 2.46. The maximum absolute atomic E-state index is 3.79. The van der Waals surface area contributed by atoms with Gasteiger partial charge < -0.3 is 10.2 Å². The first-order valence-corrected chi connectivity index (χ1v) is 5.65. The van der Waals surface area contributed by atoms with E-state index in [1.807, 2.05) is 0 Å². The van der Waals surface area contributed by atoms with Crippen molar-refractivity contribution in [1.29, 1.82) is 0 Å². The first-order chi connectivity index (χ1) is 7.00. The van der Waals surface area contributed by atoms with Gasteiger partial charge in [0.05, 0.1) is 0 Å². The van der Waals surface area contributed by atoms with Crippen LogP contribution in [0.3, 0.4) is 0 Å². The van der Waals surface area contributed by atoms with Crippen molar-refractivity contribution in [3.05, 3.63) is 34.8 Å². The summed E-state index contributed by atoms with van der Waals surface area (Å²) >= 11 is 3.33. The number of nitrogens with one attached hydrogen (secondary N) is 1. The predicted molar refractivity (Wildman–Crippen MR) is 72.1 cm³/mol. The zero-order valence-corrected chi connectivity index (χ0v) is 11.1. The minimum atomic E-state index is 0.746. The number of benzene rings is 1. The Morgan fingerprint density at radius 3 is 2.67 bits per heavy atom. The van der Waals surface area contributed by atoms with E-state index in [1.165, 1.54) is 11.3 Å². The number of hydrogen-bond donors (Lipinski definition) is 1. The average molecular weight is 269 g/mol. The minimum absolute atomic E-state index is 0.746. The molecule has 0 bridgehead atoms. The van der Waals surface area contributed by atoms with Gasteiger partial charge in [0, 0.05) is 36.5 Å². The topological polar surface area (TPSA) is 15.3 Å². The van der Waals surface area contributed by atoms with Crippen molar-refractivity contribution in [2.75, 3.05) is 30.9 Å². The summed E-state index contributed by atoms with van der Waals surface area (Å²) in [7, 11) is 4.10. The van der Waals surface area contributed by atoms with Gasteiger partial charge in [-0.25, -0.2) is 0 Å². The first kappa shape index (κ1) is 12.1. The molecule has 1 aromatic rings. The number of nitrogens with zero attached hydrogens (tertiary/aromatic N) is 1. The van der Waals surface area contributed by atoms with Gasteiger partial charge in [-0.15, -0.1) is 0 Å². The highest BCUT2D eigenvalue weighted by atomic mass is 79.9. The van der Waals surface area contributed by atoms with E-state index in [9.17, 15) is 0 Å². The minimum Gasteiger partial charge on any atom is -0.380 e. The van der Waals surface area contributed by atoms with E-state index in [0.29, 0.717) is 0 Å². The van der Waals surface area contributed by atoms with Crippen LogP contribution in [0.25, 0.3) is 0 Å². The Morgan fingerprint density at radius 1 is 1.47 bits per heavy atom. The molecule has 0 fully saturated rings. The molecule has 1 N–H and O–H groups in total. The monoisotopic (exact) mass is 268 g/mol. The van der Waals surface area contributed by atoms with Gasteiger partial charge in [0.15, 0.2) is 0 Å². The molecular formula is C12H17BrN2. The summed E-state index contributed by atoms with van der Waals surface area (Å²) in [5.74, 6) is 0. The molecule has 0 radical (unpaired) electrons. The van der Waals surface area contributed by atoms with Gasteiger partial charge in [-0.1, -0.05) is 28.6 Å². The zero-order valence-electron chi connectivity index (χ0n) is 9.47. The van der Waals surface area contributed by atoms with E-state index in [2.05, 4.69) is 71.9 Å². The molecular weight excluding hydrogens is 252 g/mol. The third-order valence-electron chi connectivity index (χ3n) is 2.18. The molecule has 0 saturated heterocycles. The van der Waals surface area contributed by atoms with Gasteiger partial charge in [0.2, 0.25) is 0 Å². The molecule has 0 unspecified atom stereocenters. The normalized spacial score (nSPS) is 9.87. The van der Waals surface area contributed by atoms with Gasteiger partial charge >= 0.3 is 0 Å². The molecule has 0 amide bonds. The molecule has 0 spiro atoms. The maximum Gasteiger partial charge on any atom is 0.0460 e. The molecule has 0 atom stereocenters. The second-order valence-electron chi connectivity index (χ2n) is 3.77. The predicted octanol–water partition coefficient (Wildman–Crippen LogP) is 3.38. The lowest BCUT2D eigenvalue weighted by atomic mass is 10.1. The molecule has 1 rings (SSSR count). The second kappa shape index (κ2) is 5.21. The Balaban J connectivity index is 2.83. The smallest absolute Gasteiger partial charge is 0.0460 e. The van der Waals surface area contributed by atoms with Crippen molar-refractivity contribution in [2.45, 2.75) is 6.92 Å². The van der Waals surface area contributed by atoms with Crippen LogP contribution in [-0.4, -0.2) is 20.6 Å². The lowest BCUT2D eigenvalue weighted by Gasteiger charge is -2.17. The van der Waals surface area contributed by atoms with Gasteiger partial charge in [0.25, 0.3) is 0 Å². The molecule has 0 saturated carbocycles. The van der Waals surface area contributed by atoms with Crippen LogP contribution in [0.15, 0.2) is 29.3 Å². The molecule has 0 aliphatic carbocycles.